The summed E-state index contributed by atoms with van der Waals surface area (Å²) in [6.07, 6.45) is 3.28. The van der Waals surface area contributed by atoms with Gasteiger partial charge in [0, 0.05) is 44.3 Å². The minimum absolute atomic E-state index is 0.0893. The first-order chi connectivity index (χ1) is 13.8. The SMILES string of the molecule is CC(C)(C)OC(=O)Nc1ccc(CC(=O)N2CCN(c3ncccn3)CC2)cc1. The standard InChI is InChI=1S/C21H27N5O3/c1-21(2,3)29-20(28)24-17-7-5-16(6-8-17)15-18(27)25-11-13-26(14-12-25)19-22-9-4-10-23-19/h4-10H,11-15H2,1-3H3,(H,24,28). The second-order valence-corrected chi connectivity index (χ2v) is 7.92. The Hall–Kier alpha value is -3.16. The van der Waals surface area contributed by atoms with Crippen molar-refractivity contribution in [3.8, 4) is 0 Å². The largest absolute Gasteiger partial charge is 0.444 e. The van der Waals surface area contributed by atoms with Crippen molar-refractivity contribution < 1.29 is 14.3 Å². The summed E-state index contributed by atoms with van der Waals surface area (Å²) in [5.74, 6) is 0.791. The fraction of sp³-hybridized carbons (Fsp3) is 0.429. The summed E-state index contributed by atoms with van der Waals surface area (Å²) < 4.78 is 5.23. The summed E-state index contributed by atoms with van der Waals surface area (Å²) in [6, 6.07) is 9.03. The van der Waals surface area contributed by atoms with Crippen LogP contribution in [0.1, 0.15) is 26.3 Å². The van der Waals surface area contributed by atoms with Gasteiger partial charge in [0.15, 0.2) is 0 Å². The molecule has 29 heavy (non-hydrogen) atoms. The molecule has 3 rings (SSSR count). The Morgan fingerprint density at radius 1 is 1.03 bits per heavy atom. The Balaban J connectivity index is 1.48. The number of ether oxygens (including phenoxy) is 1. The zero-order chi connectivity index (χ0) is 20.9. The zero-order valence-electron chi connectivity index (χ0n) is 17.1. The fourth-order valence-electron chi connectivity index (χ4n) is 3.02. The highest BCUT2D eigenvalue weighted by Gasteiger charge is 2.22. The van der Waals surface area contributed by atoms with Gasteiger partial charge in [-0.15, -0.1) is 0 Å². The number of hydrogen-bond acceptors (Lipinski definition) is 6. The van der Waals surface area contributed by atoms with Gasteiger partial charge in [-0.2, -0.15) is 0 Å². The van der Waals surface area contributed by atoms with Gasteiger partial charge < -0.3 is 14.5 Å². The predicted molar refractivity (Wildman–Crippen MR) is 111 cm³/mol. The number of carbonyl (C=O) groups excluding carboxylic acids is 2. The van der Waals surface area contributed by atoms with Crippen LogP contribution in [-0.4, -0.2) is 58.6 Å². The number of carbonyl (C=O) groups is 2. The molecule has 2 amide bonds. The number of anilines is 2. The van der Waals surface area contributed by atoms with Crippen LogP contribution in [0.5, 0.6) is 0 Å². The summed E-state index contributed by atoms with van der Waals surface area (Å²) in [4.78, 5) is 36.9. The lowest BCUT2D eigenvalue weighted by Gasteiger charge is -2.34. The molecule has 1 saturated heterocycles. The third-order valence-electron chi connectivity index (χ3n) is 4.42. The maximum absolute atomic E-state index is 12.6. The van der Waals surface area contributed by atoms with E-state index in [4.69, 9.17) is 4.74 Å². The Kier molecular flexibility index (Phi) is 6.31. The molecule has 0 bridgehead atoms. The second kappa shape index (κ2) is 8.89. The lowest BCUT2D eigenvalue weighted by molar-refractivity contribution is -0.130. The molecule has 0 atom stereocenters. The molecule has 1 aromatic carbocycles. The monoisotopic (exact) mass is 397 g/mol. The highest BCUT2D eigenvalue weighted by atomic mass is 16.6. The van der Waals surface area contributed by atoms with E-state index in [0.717, 1.165) is 5.56 Å². The minimum atomic E-state index is -0.549. The number of aromatic nitrogens is 2. The topological polar surface area (TPSA) is 87.7 Å². The first-order valence-corrected chi connectivity index (χ1v) is 9.69. The van der Waals surface area contributed by atoms with E-state index in [1.807, 2.05) is 37.8 Å². The normalized spacial score (nSPS) is 14.4. The number of rotatable bonds is 4. The molecule has 0 spiro atoms. The smallest absolute Gasteiger partial charge is 0.412 e. The van der Waals surface area contributed by atoms with E-state index in [0.29, 0.717) is 44.2 Å². The van der Waals surface area contributed by atoms with Crippen LogP contribution in [0, 0.1) is 0 Å². The van der Waals surface area contributed by atoms with E-state index < -0.39 is 11.7 Å². The number of nitrogens with one attached hydrogen (secondary N) is 1. The molecule has 2 heterocycles. The van der Waals surface area contributed by atoms with Gasteiger partial charge in [0.2, 0.25) is 11.9 Å². The highest BCUT2D eigenvalue weighted by Crippen LogP contribution is 2.15. The molecule has 8 heteroatoms. The lowest BCUT2D eigenvalue weighted by atomic mass is 10.1. The molecule has 8 nitrogen and oxygen atoms in total. The molecule has 1 aliphatic heterocycles. The van der Waals surface area contributed by atoms with Crippen molar-refractivity contribution in [3.63, 3.8) is 0 Å². The van der Waals surface area contributed by atoms with Crippen LogP contribution < -0.4 is 10.2 Å². The molecule has 2 aromatic rings. The number of piperazine rings is 1. The number of benzene rings is 1. The van der Waals surface area contributed by atoms with E-state index in [-0.39, 0.29) is 5.91 Å². The van der Waals surface area contributed by atoms with Gasteiger partial charge in [0.05, 0.1) is 6.42 Å². The third kappa shape index (κ3) is 6.17. The summed E-state index contributed by atoms with van der Waals surface area (Å²) >= 11 is 0. The van der Waals surface area contributed by atoms with Gasteiger partial charge in [-0.25, -0.2) is 14.8 Å². The summed E-state index contributed by atoms with van der Waals surface area (Å²) in [6.45, 7) is 8.17. The number of nitrogens with zero attached hydrogens (tertiary/aromatic N) is 4. The van der Waals surface area contributed by atoms with Crippen molar-refractivity contribution in [1.82, 2.24) is 14.9 Å². The van der Waals surface area contributed by atoms with E-state index in [9.17, 15) is 9.59 Å². The van der Waals surface area contributed by atoms with Crippen LogP contribution in [0.25, 0.3) is 0 Å². The first-order valence-electron chi connectivity index (χ1n) is 9.69. The van der Waals surface area contributed by atoms with Crippen molar-refractivity contribution in [2.45, 2.75) is 32.8 Å². The van der Waals surface area contributed by atoms with E-state index in [1.54, 1.807) is 30.6 Å². The van der Waals surface area contributed by atoms with Crippen molar-refractivity contribution in [1.29, 1.82) is 0 Å². The molecule has 1 fully saturated rings. The molecular formula is C21H27N5O3. The van der Waals surface area contributed by atoms with Crippen LogP contribution in [0.15, 0.2) is 42.7 Å². The van der Waals surface area contributed by atoms with Gasteiger partial charge >= 0.3 is 6.09 Å². The van der Waals surface area contributed by atoms with Gasteiger partial charge in [0.1, 0.15) is 5.60 Å². The highest BCUT2D eigenvalue weighted by molar-refractivity contribution is 5.85. The Bertz CT molecular complexity index is 826. The second-order valence-electron chi connectivity index (χ2n) is 7.92. The van der Waals surface area contributed by atoms with E-state index >= 15 is 0 Å². The van der Waals surface area contributed by atoms with Gasteiger partial charge in [0.25, 0.3) is 0 Å². The Labute approximate surface area is 170 Å². The summed E-state index contributed by atoms with van der Waals surface area (Å²) in [7, 11) is 0. The lowest BCUT2D eigenvalue weighted by Crippen LogP contribution is -2.49. The van der Waals surface area contributed by atoms with Crippen molar-refractivity contribution in [2.75, 3.05) is 36.4 Å². The Morgan fingerprint density at radius 3 is 2.24 bits per heavy atom. The van der Waals surface area contributed by atoms with Crippen molar-refractivity contribution in [3.05, 3.63) is 48.3 Å². The Morgan fingerprint density at radius 2 is 1.66 bits per heavy atom. The van der Waals surface area contributed by atoms with Gasteiger partial charge in [-0.1, -0.05) is 12.1 Å². The van der Waals surface area contributed by atoms with Crippen molar-refractivity contribution >= 4 is 23.6 Å². The van der Waals surface area contributed by atoms with Crippen LogP contribution in [0.4, 0.5) is 16.4 Å². The summed E-state index contributed by atoms with van der Waals surface area (Å²) in [5, 5.41) is 2.69. The molecule has 0 aliphatic carbocycles. The van der Waals surface area contributed by atoms with E-state index in [2.05, 4.69) is 20.2 Å². The average Bonchev–Trinajstić information content (AvgIpc) is 2.69. The minimum Gasteiger partial charge on any atom is -0.444 e. The average molecular weight is 397 g/mol. The molecule has 1 N–H and O–H groups in total. The number of amides is 2. The van der Waals surface area contributed by atoms with Crippen LogP contribution >= 0.6 is 0 Å². The molecule has 1 aromatic heterocycles. The van der Waals surface area contributed by atoms with Crippen LogP contribution in [0.2, 0.25) is 0 Å². The van der Waals surface area contributed by atoms with Crippen molar-refractivity contribution in [2.24, 2.45) is 0 Å². The maximum Gasteiger partial charge on any atom is 0.412 e. The molecule has 0 unspecified atom stereocenters. The maximum atomic E-state index is 12.6. The third-order valence-corrected chi connectivity index (χ3v) is 4.42. The number of hydrogen-bond donors (Lipinski definition) is 1. The summed E-state index contributed by atoms with van der Waals surface area (Å²) in [5.41, 5.74) is 0.984. The van der Waals surface area contributed by atoms with Crippen LogP contribution in [-0.2, 0) is 16.0 Å². The quantitative estimate of drug-likeness (QED) is 0.854. The fourth-order valence-corrected chi connectivity index (χ4v) is 3.02. The molecular weight excluding hydrogens is 370 g/mol. The molecule has 1 aliphatic rings. The van der Waals surface area contributed by atoms with Gasteiger partial charge in [-0.3, -0.25) is 10.1 Å². The molecule has 154 valence electrons. The van der Waals surface area contributed by atoms with Gasteiger partial charge in [-0.05, 0) is 44.5 Å². The first kappa shape index (κ1) is 20.6. The van der Waals surface area contributed by atoms with E-state index in [1.165, 1.54) is 0 Å². The molecule has 0 saturated carbocycles. The zero-order valence-corrected chi connectivity index (χ0v) is 17.1. The predicted octanol–water partition coefficient (Wildman–Crippen LogP) is 2.71. The molecule has 0 radical (unpaired) electrons. The van der Waals surface area contributed by atoms with Crippen LogP contribution in [0.3, 0.4) is 0 Å².